The van der Waals surface area contributed by atoms with Gasteiger partial charge in [-0.1, -0.05) is 25.1 Å². The molecule has 0 amide bonds. The van der Waals surface area contributed by atoms with Gasteiger partial charge in [-0.2, -0.15) is 0 Å². The summed E-state index contributed by atoms with van der Waals surface area (Å²) >= 11 is 0. The zero-order valence-corrected chi connectivity index (χ0v) is 11.6. The Morgan fingerprint density at radius 1 is 1.17 bits per heavy atom. The van der Waals surface area contributed by atoms with Gasteiger partial charge in [-0.15, -0.1) is 0 Å². The number of rotatable bonds is 7. The summed E-state index contributed by atoms with van der Waals surface area (Å²) in [4.78, 5) is 2.53. The SMILES string of the molecule is CCCN(CCCN)Cc1ccc2c(c1)CCC2. The van der Waals surface area contributed by atoms with E-state index in [1.54, 1.807) is 11.1 Å². The van der Waals surface area contributed by atoms with Gasteiger partial charge in [0.05, 0.1) is 0 Å². The lowest BCUT2D eigenvalue weighted by atomic mass is 10.1. The van der Waals surface area contributed by atoms with Crippen LogP contribution in [-0.4, -0.2) is 24.5 Å². The first kappa shape index (κ1) is 13.6. The Bertz CT molecular complexity index is 373. The molecule has 0 spiro atoms. The normalized spacial score (nSPS) is 14.2. The van der Waals surface area contributed by atoms with Crippen molar-refractivity contribution < 1.29 is 0 Å². The summed E-state index contributed by atoms with van der Waals surface area (Å²) in [5.41, 5.74) is 10.2. The number of fused-ring (bicyclic) bond motifs is 1. The fourth-order valence-electron chi connectivity index (χ4n) is 2.88. The lowest BCUT2D eigenvalue weighted by Crippen LogP contribution is -2.26. The number of nitrogens with zero attached hydrogens (tertiary/aromatic N) is 1. The summed E-state index contributed by atoms with van der Waals surface area (Å²) in [7, 11) is 0. The second-order valence-corrected chi connectivity index (χ2v) is 5.37. The van der Waals surface area contributed by atoms with Crippen molar-refractivity contribution in [3.63, 3.8) is 0 Å². The topological polar surface area (TPSA) is 29.3 Å². The maximum absolute atomic E-state index is 5.61. The molecule has 0 fully saturated rings. The molecule has 2 heteroatoms. The molecule has 0 heterocycles. The Morgan fingerprint density at radius 3 is 2.78 bits per heavy atom. The molecule has 1 aromatic carbocycles. The predicted octanol–water partition coefficient (Wildman–Crippen LogP) is 2.74. The summed E-state index contributed by atoms with van der Waals surface area (Å²) < 4.78 is 0. The molecule has 1 aliphatic rings. The monoisotopic (exact) mass is 246 g/mol. The number of hydrogen-bond acceptors (Lipinski definition) is 2. The number of aryl methyl sites for hydroxylation is 2. The van der Waals surface area contributed by atoms with Gasteiger partial charge in [0, 0.05) is 6.54 Å². The van der Waals surface area contributed by atoms with E-state index < -0.39 is 0 Å². The maximum atomic E-state index is 5.61. The average Bonchev–Trinajstić information content (AvgIpc) is 2.83. The van der Waals surface area contributed by atoms with Crippen LogP contribution in [-0.2, 0) is 19.4 Å². The Morgan fingerprint density at radius 2 is 2.00 bits per heavy atom. The Hall–Kier alpha value is -0.860. The van der Waals surface area contributed by atoms with Crippen molar-refractivity contribution in [3.05, 3.63) is 34.9 Å². The van der Waals surface area contributed by atoms with Crippen molar-refractivity contribution in [2.75, 3.05) is 19.6 Å². The van der Waals surface area contributed by atoms with Crippen LogP contribution in [0.5, 0.6) is 0 Å². The minimum atomic E-state index is 0.796. The van der Waals surface area contributed by atoms with Crippen molar-refractivity contribution in [1.82, 2.24) is 4.90 Å². The van der Waals surface area contributed by atoms with E-state index in [1.165, 1.54) is 37.8 Å². The predicted molar refractivity (Wildman–Crippen MR) is 77.7 cm³/mol. The first-order valence-electron chi connectivity index (χ1n) is 7.36. The Balaban J connectivity index is 1.97. The molecule has 2 nitrogen and oxygen atoms in total. The molecule has 100 valence electrons. The highest BCUT2D eigenvalue weighted by molar-refractivity contribution is 5.35. The van der Waals surface area contributed by atoms with E-state index in [-0.39, 0.29) is 0 Å². The maximum Gasteiger partial charge on any atom is 0.0233 e. The Kier molecular flexibility index (Phi) is 5.21. The van der Waals surface area contributed by atoms with Gasteiger partial charge in [0.2, 0.25) is 0 Å². The van der Waals surface area contributed by atoms with Gasteiger partial charge in [0.1, 0.15) is 0 Å². The van der Waals surface area contributed by atoms with Gasteiger partial charge in [0.25, 0.3) is 0 Å². The molecule has 1 aliphatic carbocycles. The van der Waals surface area contributed by atoms with E-state index in [0.717, 1.165) is 26.1 Å². The second-order valence-electron chi connectivity index (χ2n) is 5.37. The molecule has 0 bridgehead atoms. The van der Waals surface area contributed by atoms with Crippen molar-refractivity contribution >= 4 is 0 Å². The molecule has 0 aliphatic heterocycles. The van der Waals surface area contributed by atoms with E-state index in [0.29, 0.717) is 0 Å². The van der Waals surface area contributed by atoms with Crippen molar-refractivity contribution in [2.24, 2.45) is 5.73 Å². The third-order valence-electron chi connectivity index (χ3n) is 3.79. The van der Waals surface area contributed by atoms with Crippen molar-refractivity contribution in [1.29, 1.82) is 0 Å². The largest absolute Gasteiger partial charge is 0.330 e. The van der Waals surface area contributed by atoms with Crippen LogP contribution in [0.15, 0.2) is 18.2 Å². The van der Waals surface area contributed by atoms with Gasteiger partial charge in [-0.25, -0.2) is 0 Å². The zero-order chi connectivity index (χ0) is 12.8. The fourth-order valence-corrected chi connectivity index (χ4v) is 2.88. The van der Waals surface area contributed by atoms with Gasteiger partial charge in [-0.05, 0) is 68.4 Å². The summed E-state index contributed by atoms with van der Waals surface area (Å²) in [6.45, 7) is 6.43. The van der Waals surface area contributed by atoms with Crippen LogP contribution in [0.4, 0.5) is 0 Å². The van der Waals surface area contributed by atoms with Crippen LogP contribution < -0.4 is 5.73 Å². The molecule has 2 rings (SSSR count). The fraction of sp³-hybridized carbons (Fsp3) is 0.625. The van der Waals surface area contributed by atoms with Crippen LogP contribution in [0.3, 0.4) is 0 Å². The first-order chi connectivity index (χ1) is 8.83. The average molecular weight is 246 g/mol. The number of benzene rings is 1. The van der Waals surface area contributed by atoms with Gasteiger partial charge < -0.3 is 5.73 Å². The zero-order valence-electron chi connectivity index (χ0n) is 11.6. The minimum Gasteiger partial charge on any atom is -0.330 e. The molecule has 0 radical (unpaired) electrons. The van der Waals surface area contributed by atoms with Gasteiger partial charge in [0.15, 0.2) is 0 Å². The van der Waals surface area contributed by atoms with E-state index in [4.69, 9.17) is 5.73 Å². The smallest absolute Gasteiger partial charge is 0.0233 e. The molecular formula is C16H26N2. The first-order valence-corrected chi connectivity index (χ1v) is 7.36. The van der Waals surface area contributed by atoms with E-state index >= 15 is 0 Å². The summed E-state index contributed by atoms with van der Waals surface area (Å²) in [5, 5.41) is 0. The highest BCUT2D eigenvalue weighted by Crippen LogP contribution is 2.23. The molecule has 2 N–H and O–H groups in total. The van der Waals surface area contributed by atoms with Crippen molar-refractivity contribution in [3.8, 4) is 0 Å². The lowest BCUT2D eigenvalue weighted by molar-refractivity contribution is 0.264. The van der Waals surface area contributed by atoms with Crippen molar-refractivity contribution in [2.45, 2.75) is 45.6 Å². The Labute approximate surface area is 111 Å². The van der Waals surface area contributed by atoms with Crippen LogP contribution in [0.2, 0.25) is 0 Å². The summed E-state index contributed by atoms with van der Waals surface area (Å²) in [6.07, 6.45) is 6.21. The summed E-state index contributed by atoms with van der Waals surface area (Å²) in [5.74, 6) is 0. The van der Waals surface area contributed by atoms with E-state index in [2.05, 4.69) is 30.0 Å². The lowest BCUT2D eigenvalue weighted by Gasteiger charge is -2.21. The second kappa shape index (κ2) is 6.91. The van der Waals surface area contributed by atoms with Crippen LogP contribution >= 0.6 is 0 Å². The molecule has 0 aromatic heterocycles. The number of hydrogen-bond donors (Lipinski definition) is 1. The van der Waals surface area contributed by atoms with Gasteiger partial charge >= 0.3 is 0 Å². The van der Waals surface area contributed by atoms with Crippen LogP contribution in [0.1, 0.15) is 42.9 Å². The molecule has 0 atom stereocenters. The van der Waals surface area contributed by atoms with Gasteiger partial charge in [-0.3, -0.25) is 4.90 Å². The standard InChI is InChI=1S/C16H26N2/c1-2-10-18(11-4-9-17)13-14-7-8-15-5-3-6-16(15)12-14/h7-8,12H,2-6,9-11,13,17H2,1H3. The molecule has 1 aromatic rings. The van der Waals surface area contributed by atoms with Crippen LogP contribution in [0, 0.1) is 0 Å². The number of nitrogens with two attached hydrogens (primary N) is 1. The minimum absolute atomic E-state index is 0.796. The third-order valence-corrected chi connectivity index (χ3v) is 3.79. The molecule has 18 heavy (non-hydrogen) atoms. The van der Waals surface area contributed by atoms with E-state index in [1.807, 2.05) is 0 Å². The molecular weight excluding hydrogens is 220 g/mol. The molecule has 0 saturated heterocycles. The molecule has 0 unspecified atom stereocenters. The quantitative estimate of drug-likeness (QED) is 0.801. The molecule has 0 saturated carbocycles. The highest BCUT2D eigenvalue weighted by atomic mass is 15.1. The highest BCUT2D eigenvalue weighted by Gasteiger charge is 2.12. The van der Waals surface area contributed by atoms with Crippen LogP contribution in [0.25, 0.3) is 0 Å². The third kappa shape index (κ3) is 3.56. The summed E-state index contributed by atoms with van der Waals surface area (Å²) in [6, 6.07) is 7.08. The van der Waals surface area contributed by atoms with E-state index in [9.17, 15) is 0 Å².